The molecule has 6 nitrogen and oxygen atoms in total. The number of terminal acetylenes is 1. The summed E-state index contributed by atoms with van der Waals surface area (Å²) in [5, 5.41) is 6.66. The second-order valence-corrected chi connectivity index (χ2v) is 6.27. The van der Waals surface area contributed by atoms with Crippen molar-refractivity contribution < 1.29 is 14.3 Å². The summed E-state index contributed by atoms with van der Waals surface area (Å²) < 4.78 is 6.30. The van der Waals surface area contributed by atoms with Gasteiger partial charge in [-0.2, -0.15) is 0 Å². The van der Waals surface area contributed by atoms with E-state index < -0.39 is 0 Å². The van der Waals surface area contributed by atoms with Gasteiger partial charge >= 0.3 is 0 Å². The number of thioether (sulfide) groups is 1. The van der Waals surface area contributed by atoms with E-state index >= 15 is 0 Å². The minimum absolute atomic E-state index is 0.131. The summed E-state index contributed by atoms with van der Waals surface area (Å²) in [6, 6.07) is 5.40. The molecule has 0 bridgehead atoms. The number of hydrogen-bond donors (Lipinski definition) is 2. The lowest BCUT2D eigenvalue weighted by atomic mass is 10.2. The van der Waals surface area contributed by atoms with Crippen LogP contribution in [0.5, 0.6) is 5.75 Å². The summed E-state index contributed by atoms with van der Waals surface area (Å²) in [4.78, 5) is 23.2. The fourth-order valence-electron chi connectivity index (χ4n) is 1.63. The second-order valence-electron chi connectivity index (χ2n) is 4.32. The molecule has 2 rings (SSSR count). The maximum absolute atomic E-state index is 12.0. The number of hydrogen-bond acceptors (Lipinski definition) is 5. The molecule has 0 saturated carbocycles. The van der Waals surface area contributed by atoms with Crippen molar-refractivity contribution in [1.29, 1.82) is 0 Å². The van der Waals surface area contributed by atoms with Gasteiger partial charge in [-0.25, -0.2) is 5.43 Å². The molecule has 2 amide bonds. The fraction of sp³-hybridized carbons (Fsp3) is 0.133. The van der Waals surface area contributed by atoms with E-state index in [9.17, 15) is 9.59 Å². The van der Waals surface area contributed by atoms with Gasteiger partial charge in [0.2, 0.25) is 5.91 Å². The lowest BCUT2D eigenvalue weighted by molar-refractivity contribution is -0.119. The number of hydrazone groups is 1. The van der Waals surface area contributed by atoms with E-state index in [1.54, 1.807) is 12.1 Å². The van der Waals surface area contributed by atoms with E-state index in [4.69, 9.17) is 11.2 Å². The Kier molecular flexibility index (Phi) is 5.84. The van der Waals surface area contributed by atoms with Gasteiger partial charge in [0.25, 0.3) is 5.91 Å². The summed E-state index contributed by atoms with van der Waals surface area (Å²) in [6.07, 6.45) is 6.87. The Labute approximate surface area is 145 Å². The molecule has 1 fully saturated rings. The van der Waals surface area contributed by atoms with Gasteiger partial charge in [-0.15, -0.1) is 11.5 Å². The predicted octanol–water partition coefficient (Wildman–Crippen LogP) is 2.07. The molecule has 0 aromatic heterocycles. The van der Waals surface area contributed by atoms with Crippen molar-refractivity contribution in [3.05, 3.63) is 33.1 Å². The number of carbonyl (C=O) groups is 2. The van der Waals surface area contributed by atoms with Crippen LogP contribution in [0.2, 0.25) is 0 Å². The third-order valence-electron chi connectivity index (χ3n) is 2.54. The number of nitrogens with zero attached hydrogens (tertiary/aromatic N) is 1. The standard InChI is InChI=1S/C15H12BrN3O3S/c1-3-6-22-12-5-4-11(16)7-10(12)8-13-14(21)17-15(23-13)19-18-9(2)20/h1,4-5,7-8H,6H2,2H3,(H,18,20)(H,17,19,21). The molecule has 118 valence electrons. The molecule has 1 aliphatic heterocycles. The van der Waals surface area contributed by atoms with Crippen LogP contribution in [-0.4, -0.2) is 23.6 Å². The molecule has 1 heterocycles. The third-order valence-corrected chi connectivity index (χ3v) is 3.94. The van der Waals surface area contributed by atoms with E-state index in [-0.39, 0.29) is 18.4 Å². The number of benzene rings is 1. The third kappa shape index (κ3) is 4.87. The zero-order chi connectivity index (χ0) is 16.8. The van der Waals surface area contributed by atoms with Crippen molar-refractivity contribution in [2.75, 3.05) is 6.61 Å². The summed E-state index contributed by atoms with van der Waals surface area (Å²) in [5.41, 5.74) is 2.97. The van der Waals surface area contributed by atoms with Gasteiger partial charge in [0, 0.05) is 17.0 Å². The van der Waals surface area contributed by atoms with Crippen LogP contribution >= 0.6 is 27.7 Å². The minimum atomic E-state index is -0.318. The second kappa shape index (κ2) is 7.85. The molecule has 2 N–H and O–H groups in total. The monoisotopic (exact) mass is 393 g/mol. The first-order valence-corrected chi connectivity index (χ1v) is 8.01. The molecule has 1 aromatic carbocycles. The zero-order valence-electron chi connectivity index (χ0n) is 12.1. The molecular weight excluding hydrogens is 382 g/mol. The molecule has 1 saturated heterocycles. The lowest BCUT2D eigenvalue weighted by Gasteiger charge is -2.07. The van der Waals surface area contributed by atoms with Crippen LogP contribution in [0, 0.1) is 12.3 Å². The molecule has 0 aliphatic carbocycles. The quantitative estimate of drug-likeness (QED) is 0.466. The van der Waals surface area contributed by atoms with Crippen molar-refractivity contribution in [3.8, 4) is 18.1 Å². The number of carbonyl (C=O) groups excluding carboxylic acids is 2. The normalized spacial score (nSPS) is 17.0. The topological polar surface area (TPSA) is 79.8 Å². The van der Waals surface area contributed by atoms with Crippen LogP contribution in [0.1, 0.15) is 12.5 Å². The Bertz CT molecular complexity index is 753. The Morgan fingerprint density at radius 2 is 2.39 bits per heavy atom. The highest BCUT2D eigenvalue weighted by atomic mass is 79.9. The largest absolute Gasteiger partial charge is 0.480 e. The molecule has 0 radical (unpaired) electrons. The zero-order valence-corrected chi connectivity index (χ0v) is 14.5. The first-order chi connectivity index (χ1) is 11.0. The maximum atomic E-state index is 12.0. The summed E-state index contributed by atoms with van der Waals surface area (Å²) in [6.45, 7) is 1.46. The molecule has 1 aromatic rings. The highest BCUT2D eigenvalue weighted by molar-refractivity contribution is 9.10. The smallest absolute Gasteiger partial charge is 0.264 e. The van der Waals surface area contributed by atoms with Crippen LogP contribution in [0.3, 0.4) is 0 Å². The first kappa shape index (κ1) is 17.1. The van der Waals surface area contributed by atoms with Crippen LogP contribution in [0.4, 0.5) is 0 Å². The van der Waals surface area contributed by atoms with Gasteiger partial charge in [-0.05, 0) is 36.0 Å². The number of ether oxygens (including phenoxy) is 1. The average molecular weight is 394 g/mol. The van der Waals surface area contributed by atoms with Gasteiger partial charge in [0.15, 0.2) is 5.17 Å². The highest BCUT2D eigenvalue weighted by Crippen LogP contribution is 2.30. The van der Waals surface area contributed by atoms with Crippen LogP contribution < -0.4 is 15.5 Å². The van der Waals surface area contributed by atoms with E-state index in [1.165, 1.54) is 6.92 Å². The van der Waals surface area contributed by atoms with Gasteiger partial charge in [0.1, 0.15) is 12.4 Å². The number of amidine groups is 1. The van der Waals surface area contributed by atoms with Crippen molar-refractivity contribution in [2.45, 2.75) is 6.92 Å². The van der Waals surface area contributed by atoms with Crippen molar-refractivity contribution in [3.63, 3.8) is 0 Å². The van der Waals surface area contributed by atoms with Crippen LogP contribution in [0.25, 0.3) is 6.08 Å². The Balaban J connectivity index is 2.26. The number of halogens is 1. The molecule has 1 aliphatic rings. The average Bonchev–Trinajstić information content (AvgIpc) is 2.85. The molecule has 0 unspecified atom stereocenters. The Hall–Kier alpha value is -2.24. The molecule has 8 heteroatoms. The first-order valence-electron chi connectivity index (χ1n) is 6.40. The molecule has 0 spiro atoms. The Morgan fingerprint density at radius 3 is 3.09 bits per heavy atom. The van der Waals surface area contributed by atoms with Gasteiger partial charge in [0.05, 0.1) is 4.91 Å². The van der Waals surface area contributed by atoms with Crippen molar-refractivity contribution in [2.24, 2.45) is 5.10 Å². The summed E-state index contributed by atoms with van der Waals surface area (Å²) >= 11 is 4.50. The number of nitrogens with one attached hydrogen (secondary N) is 2. The van der Waals surface area contributed by atoms with E-state index in [2.05, 4.69) is 37.7 Å². The fourth-order valence-corrected chi connectivity index (χ4v) is 2.79. The van der Waals surface area contributed by atoms with Gasteiger partial charge < -0.3 is 4.74 Å². The van der Waals surface area contributed by atoms with Crippen molar-refractivity contribution in [1.82, 2.24) is 10.7 Å². The summed E-state index contributed by atoms with van der Waals surface area (Å²) in [5.74, 6) is 2.34. The van der Waals surface area contributed by atoms with Crippen LogP contribution in [-0.2, 0) is 9.59 Å². The van der Waals surface area contributed by atoms with E-state index in [0.29, 0.717) is 21.4 Å². The van der Waals surface area contributed by atoms with E-state index in [0.717, 1.165) is 16.2 Å². The van der Waals surface area contributed by atoms with Gasteiger partial charge in [-0.3, -0.25) is 14.9 Å². The maximum Gasteiger partial charge on any atom is 0.264 e. The molecule has 0 atom stereocenters. The van der Waals surface area contributed by atoms with Crippen LogP contribution in [0.15, 0.2) is 32.7 Å². The lowest BCUT2D eigenvalue weighted by Crippen LogP contribution is -2.23. The van der Waals surface area contributed by atoms with Crippen molar-refractivity contribution >= 4 is 50.7 Å². The summed E-state index contributed by atoms with van der Waals surface area (Å²) in [7, 11) is 0. The highest BCUT2D eigenvalue weighted by Gasteiger charge is 2.24. The minimum Gasteiger partial charge on any atom is -0.480 e. The predicted molar refractivity (Wildman–Crippen MR) is 93.4 cm³/mol. The van der Waals surface area contributed by atoms with E-state index in [1.807, 2.05) is 12.1 Å². The number of rotatable bonds is 4. The van der Waals surface area contributed by atoms with Gasteiger partial charge in [-0.1, -0.05) is 21.9 Å². The Morgan fingerprint density at radius 1 is 1.61 bits per heavy atom. The SMILES string of the molecule is C#CCOc1ccc(Br)cc1C=C1S/C(=N/NC(C)=O)NC1=O. The molecular formula is C15H12BrN3O3S. The molecule has 23 heavy (non-hydrogen) atoms. The number of amides is 2.